The smallest absolute Gasteiger partial charge is 0.246 e. The highest BCUT2D eigenvalue weighted by molar-refractivity contribution is 7.11. The van der Waals surface area contributed by atoms with Crippen LogP contribution >= 0.6 is 22.7 Å². The van der Waals surface area contributed by atoms with Crippen molar-refractivity contribution in [1.29, 1.82) is 0 Å². The molecule has 0 saturated carbocycles. The second-order valence-corrected chi connectivity index (χ2v) is 9.56. The van der Waals surface area contributed by atoms with Crippen molar-refractivity contribution < 1.29 is 4.79 Å². The molecule has 0 radical (unpaired) electrons. The molecule has 0 bridgehead atoms. The van der Waals surface area contributed by atoms with E-state index in [9.17, 15) is 4.79 Å². The minimum absolute atomic E-state index is 0.107. The number of rotatable bonds is 3. The van der Waals surface area contributed by atoms with Gasteiger partial charge in [0.1, 0.15) is 0 Å². The van der Waals surface area contributed by atoms with E-state index < -0.39 is 0 Å². The van der Waals surface area contributed by atoms with Crippen molar-refractivity contribution in [3.8, 4) is 0 Å². The number of carbonyl (C=O) groups is 1. The number of aryl methyl sites for hydroxylation is 1. The van der Waals surface area contributed by atoms with E-state index in [2.05, 4.69) is 44.5 Å². The molecule has 2 aromatic rings. The molecule has 0 aliphatic carbocycles. The molecule has 5 heteroatoms. The van der Waals surface area contributed by atoms with Crippen LogP contribution in [0.1, 0.15) is 60.7 Å². The third-order valence-electron chi connectivity index (χ3n) is 4.73. The van der Waals surface area contributed by atoms with Gasteiger partial charge in [-0.1, -0.05) is 20.8 Å². The predicted molar refractivity (Wildman–Crippen MR) is 107 cm³/mol. The Balaban J connectivity index is 1.56. The molecule has 3 heterocycles. The molecule has 0 spiro atoms. The van der Waals surface area contributed by atoms with Crippen molar-refractivity contribution in [3.63, 3.8) is 0 Å². The third-order valence-corrected chi connectivity index (χ3v) is 6.72. The zero-order valence-corrected chi connectivity index (χ0v) is 17.0. The van der Waals surface area contributed by atoms with Crippen molar-refractivity contribution >= 4 is 34.7 Å². The number of aromatic nitrogens is 1. The summed E-state index contributed by atoms with van der Waals surface area (Å²) in [5.74, 6) is 0.620. The Hall–Kier alpha value is -1.46. The number of nitrogens with zero attached hydrogens (tertiary/aromatic N) is 2. The van der Waals surface area contributed by atoms with Gasteiger partial charge < -0.3 is 4.90 Å². The van der Waals surface area contributed by atoms with Crippen molar-refractivity contribution in [1.82, 2.24) is 9.88 Å². The SMILES string of the molecule is Cc1ccsc1/C=C/C(=O)N1CCC(c2nc(C(C)(C)C)cs2)CC1. The van der Waals surface area contributed by atoms with Gasteiger partial charge in [-0.25, -0.2) is 4.98 Å². The maximum Gasteiger partial charge on any atom is 0.246 e. The number of piperidine rings is 1. The fourth-order valence-corrected chi connectivity index (χ4v) is 5.01. The lowest BCUT2D eigenvalue weighted by atomic mass is 9.93. The fourth-order valence-electron chi connectivity index (χ4n) is 2.97. The van der Waals surface area contributed by atoms with Gasteiger partial charge in [0, 0.05) is 40.8 Å². The van der Waals surface area contributed by atoms with Crippen molar-refractivity contribution in [2.75, 3.05) is 13.1 Å². The molecule has 1 amide bonds. The van der Waals surface area contributed by atoms with Crippen LogP contribution in [0.15, 0.2) is 22.9 Å². The molecule has 0 aromatic carbocycles. The van der Waals surface area contributed by atoms with Crippen molar-refractivity contribution in [2.24, 2.45) is 0 Å². The van der Waals surface area contributed by atoms with E-state index in [4.69, 9.17) is 4.98 Å². The summed E-state index contributed by atoms with van der Waals surface area (Å²) in [6.45, 7) is 10.3. The molecule has 1 saturated heterocycles. The number of carbonyl (C=O) groups excluding carboxylic acids is 1. The van der Waals surface area contributed by atoms with Crippen molar-refractivity contribution in [2.45, 2.75) is 51.9 Å². The van der Waals surface area contributed by atoms with E-state index >= 15 is 0 Å². The number of thiazole rings is 1. The van der Waals surface area contributed by atoms with Crippen LogP contribution in [-0.4, -0.2) is 28.9 Å². The predicted octanol–water partition coefficient (Wildman–Crippen LogP) is 5.23. The second kappa shape index (κ2) is 7.42. The van der Waals surface area contributed by atoms with E-state index in [1.165, 1.54) is 21.1 Å². The molecule has 1 fully saturated rings. The van der Waals surface area contributed by atoms with Gasteiger partial charge in [-0.05, 0) is 42.9 Å². The summed E-state index contributed by atoms with van der Waals surface area (Å²) >= 11 is 3.45. The molecule has 25 heavy (non-hydrogen) atoms. The lowest BCUT2D eigenvalue weighted by Crippen LogP contribution is -2.36. The maximum atomic E-state index is 12.4. The van der Waals surface area contributed by atoms with Gasteiger partial charge >= 0.3 is 0 Å². The summed E-state index contributed by atoms with van der Waals surface area (Å²) in [5, 5.41) is 5.49. The first-order chi connectivity index (χ1) is 11.8. The highest BCUT2D eigenvalue weighted by Crippen LogP contribution is 2.33. The Morgan fingerprint density at radius 2 is 2.00 bits per heavy atom. The highest BCUT2D eigenvalue weighted by atomic mass is 32.1. The van der Waals surface area contributed by atoms with Crippen LogP contribution in [-0.2, 0) is 10.2 Å². The zero-order chi connectivity index (χ0) is 18.0. The lowest BCUT2D eigenvalue weighted by Gasteiger charge is -2.30. The van der Waals surface area contributed by atoms with Crippen LogP contribution in [0.25, 0.3) is 6.08 Å². The van der Waals surface area contributed by atoms with E-state index in [1.54, 1.807) is 28.7 Å². The first-order valence-electron chi connectivity index (χ1n) is 8.81. The molecule has 134 valence electrons. The summed E-state index contributed by atoms with van der Waals surface area (Å²) in [6, 6.07) is 2.08. The fraction of sp³-hybridized carbons (Fsp3) is 0.500. The number of likely N-dealkylation sites (tertiary alicyclic amines) is 1. The van der Waals surface area contributed by atoms with E-state index in [-0.39, 0.29) is 11.3 Å². The first-order valence-corrected chi connectivity index (χ1v) is 10.6. The second-order valence-electron chi connectivity index (χ2n) is 7.72. The average Bonchev–Trinajstić information content (AvgIpc) is 3.21. The minimum atomic E-state index is 0.107. The van der Waals surface area contributed by atoms with Gasteiger partial charge in [-0.15, -0.1) is 22.7 Å². The number of amides is 1. The monoisotopic (exact) mass is 374 g/mol. The third kappa shape index (κ3) is 4.39. The van der Waals surface area contributed by atoms with Crippen LogP contribution in [0.3, 0.4) is 0 Å². The van der Waals surface area contributed by atoms with Gasteiger partial charge in [-0.3, -0.25) is 4.79 Å². The van der Waals surface area contributed by atoms with Crippen LogP contribution in [0.2, 0.25) is 0 Å². The number of thiophene rings is 1. The van der Waals surface area contributed by atoms with Gasteiger partial charge in [-0.2, -0.15) is 0 Å². The summed E-state index contributed by atoms with van der Waals surface area (Å²) in [7, 11) is 0. The summed E-state index contributed by atoms with van der Waals surface area (Å²) < 4.78 is 0. The molecule has 0 atom stereocenters. The lowest BCUT2D eigenvalue weighted by molar-refractivity contribution is -0.126. The summed E-state index contributed by atoms with van der Waals surface area (Å²) in [6.07, 6.45) is 5.69. The molecule has 1 aliphatic heterocycles. The highest BCUT2D eigenvalue weighted by Gasteiger charge is 2.26. The van der Waals surface area contributed by atoms with Gasteiger partial charge in [0.05, 0.1) is 10.7 Å². The zero-order valence-electron chi connectivity index (χ0n) is 15.4. The van der Waals surface area contributed by atoms with Gasteiger partial charge in [0.15, 0.2) is 0 Å². The molecule has 3 rings (SSSR count). The Bertz CT molecular complexity index is 759. The summed E-state index contributed by atoms with van der Waals surface area (Å²) in [4.78, 5) is 20.4. The topological polar surface area (TPSA) is 33.2 Å². The van der Waals surface area contributed by atoms with E-state index in [1.807, 2.05) is 11.0 Å². The Kier molecular flexibility index (Phi) is 5.44. The number of hydrogen-bond acceptors (Lipinski definition) is 4. The van der Waals surface area contributed by atoms with E-state index in [0.29, 0.717) is 5.92 Å². The van der Waals surface area contributed by atoms with Crippen LogP contribution in [0, 0.1) is 6.92 Å². The van der Waals surface area contributed by atoms with Crippen LogP contribution in [0.5, 0.6) is 0 Å². The van der Waals surface area contributed by atoms with E-state index in [0.717, 1.165) is 25.9 Å². The average molecular weight is 375 g/mol. The van der Waals surface area contributed by atoms with Gasteiger partial charge in [0.25, 0.3) is 0 Å². The Morgan fingerprint density at radius 1 is 1.28 bits per heavy atom. The molecule has 2 aromatic heterocycles. The molecule has 1 aliphatic rings. The molecule has 0 N–H and O–H groups in total. The van der Waals surface area contributed by atoms with Crippen LogP contribution in [0.4, 0.5) is 0 Å². The molecular weight excluding hydrogens is 348 g/mol. The number of hydrogen-bond donors (Lipinski definition) is 0. The largest absolute Gasteiger partial charge is 0.339 e. The molecule has 0 unspecified atom stereocenters. The van der Waals surface area contributed by atoms with Gasteiger partial charge in [0.2, 0.25) is 5.91 Å². The minimum Gasteiger partial charge on any atom is -0.339 e. The molecule has 3 nitrogen and oxygen atoms in total. The summed E-state index contributed by atoms with van der Waals surface area (Å²) in [5.41, 5.74) is 2.52. The maximum absolute atomic E-state index is 12.4. The van der Waals surface area contributed by atoms with Crippen LogP contribution < -0.4 is 0 Å². The van der Waals surface area contributed by atoms with Crippen molar-refractivity contribution in [3.05, 3.63) is 44.0 Å². The Labute approximate surface area is 158 Å². The molecular formula is C20H26N2OS2. The standard InChI is InChI=1S/C20H26N2OS2/c1-14-9-12-24-16(14)5-6-18(23)22-10-7-15(8-11-22)19-21-17(13-25-19)20(2,3)4/h5-6,9,12-13,15H,7-8,10-11H2,1-4H3/b6-5+. The Morgan fingerprint density at radius 3 is 2.56 bits per heavy atom. The normalized spacial score (nSPS) is 16.7. The quantitative estimate of drug-likeness (QED) is 0.689. The first kappa shape index (κ1) is 18.3.